The van der Waals surface area contributed by atoms with Crippen LogP contribution < -0.4 is 20.5 Å². The highest BCUT2D eigenvalue weighted by molar-refractivity contribution is 5.53. The average molecular weight is 520 g/mol. The van der Waals surface area contributed by atoms with Crippen LogP contribution in [0.25, 0.3) is 0 Å². The van der Waals surface area contributed by atoms with Crippen molar-refractivity contribution in [3.8, 4) is 23.3 Å². The van der Waals surface area contributed by atoms with Gasteiger partial charge in [-0.2, -0.15) is 5.26 Å². The summed E-state index contributed by atoms with van der Waals surface area (Å²) in [6.45, 7) is 4.92. The number of anilines is 1. The Morgan fingerprint density at radius 1 is 0.974 bits per heavy atom. The van der Waals surface area contributed by atoms with Gasteiger partial charge < -0.3 is 25.3 Å². The molecular formula is C33H33N3O3. The molecule has 39 heavy (non-hydrogen) atoms. The molecule has 0 amide bonds. The first-order chi connectivity index (χ1) is 19.1. The number of nitrogens with zero attached hydrogens (tertiary/aromatic N) is 1. The van der Waals surface area contributed by atoms with Crippen LogP contribution in [0.3, 0.4) is 0 Å². The Balaban J connectivity index is 1.30. The summed E-state index contributed by atoms with van der Waals surface area (Å²) < 4.78 is 17.6. The van der Waals surface area contributed by atoms with E-state index in [9.17, 15) is 0 Å². The fraction of sp³-hybridized carbons (Fsp3) is 0.242. The first-order valence-corrected chi connectivity index (χ1v) is 13.2. The summed E-state index contributed by atoms with van der Waals surface area (Å²) in [6, 6.07) is 31.6. The Kier molecular flexibility index (Phi) is 8.42. The predicted octanol–water partition coefficient (Wildman–Crippen LogP) is 6.54. The van der Waals surface area contributed by atoms with Crippen molar-refractivity contribution in [3.63, 3.8) is 0 Å². The molecule has 1 aliphatic rings. The molecule has 1 fully saturated rings. The quantitative estimate of drug-likeness (QED) is 0.231. The molecule has 3 N–H and O–H groups in total. The number of nitrogens with two attached hydrogens (primary N) is 1. The summed E-state index contributed by atoms with van der Waals surface area (Å²) in [5, 5.41) is 12.8. The Morgan fingerprint density at radius 3 is 2.49 bits per heavy atom. The molecule has 2 atom stereocenters. The summed E-state index contributed by atoms with van der Waals surface area (Å²) in [4.78, 5) is 0. The van der Waals surface area contributed by atoms with E-state index in [1.54, 1.807) is 0 Å². The van der Waals surface area contributed by atoms with Crippen LogP contribution in [0, 0.1) is 24.2 Å². The minimum absolute atomic E-state index is 0.0745. The molecule has 1 saturated heterocycles. The third kappa shape index (κ3) is 6.77. The van der Waals surface area contributed by atoms with Gasteiger partial charge in [-0.05, 0) is 78.1 Å². The van der Waals surface area contributed by atoms with E-state index in [1.165, 1.54) is 0 Å². The van der Waals surface area contributed by atoms with Gasteiger partial charge in [0.05, 0.1) is 30.9 Å². The van der Waals surface area contributed by atoms with Gasteiger partial charge in [-0.1, -0.05) is 42.5 Å². The minimum Gasteiger partial charge on any atom is -0.493 e. The number of nitriles is 1. The molecule has 0 aliphatic carbocycles. The van der Waals surface area contributed by atoms with E-state index in [0.717, 1.165) is 64.8 Å². The first kappa shape index (κ1) is 26.3. The van der Waals surface area contributed by atoms with Crippen molar-refractivity contribution in [1.29, 1.82) is 5.26 Å². The Hall–Kier alpha value is -4.31. The third-order valence-electron chi connectivity index (χ3n) is 7.09. The van der Waals surface area contributed by atoms with E-state index in [0.29, 0.717) is 24.6 Å². The van der Waals surface area contributed by atoms with Gasteiger partial charge in [0.15, 0.2) is 0 Å². The fourth-order valence-corrected chi connectivity index (χ4v) is 4.73. The van der Waals surface area contributed by atoms with E-state index >= 15 is 0 Å². The lowest BCUT2D eigenvalue weighted by molar-refractivity contribution is 0.167. The van der Waals surface area contributed by atoms with Crippen LogP contribution >= 0.6 is 0 Å². The van der Waals surface area contributed by atoms with Gasteiger partial charge in [-0.3, -0.25) is 0 Å². The van der Waals surface area contributed by atoms with Crippen molar-refractivity contribution >= 4 is 5.69 Å². The second-order valence-corrected chi connectivity index (χ2v) is 9.87. The smallest absolute Gasteiger partial charge is 0.131 e. The maximum absolute atomic E-state index is 9.10. The van der Waals surface area contributed by atoms with Gasteiger partial charge in [-0.15, -0.1) is 0 Å². The van der Waals surface area contributed by atoms with Crippen molar-refractivity contribution in [2.24, 2.45) is 5.92 Å². The van der Waals surface area contributed by atoms with Crippen LogP contribution in [-0.2, 0) is 11.3 Å². The number of rotatable bonds is 10. The number of benzene rings is 4. The van der Waals surface area contributed by atoms with Gasteiger partial charge in [-0.25, -0.2) is 0 Å². The first-order valence-electron chi connectivity index (χ1n) is 13.2. The van der Waals surface area contributed by atoms with Gasteiger partial charge in [0, 0.05) is 30.8 Å². The van der Waals surface area contributed by atoms with Crippen LogP contribution in [0.2, 0.25) is 0 Å². The predicted molar refractivity (Wildman–Crippen MR) is 153 cm³/mol. The standard InChI is InChI=1S/C33H33N3O3/c1-23-31(6-3-7-32(23)35)33(36-20-25-10-8-24(19-34)9-11-25)27-12-14-28(15-13-27)39-30-5-2-4-29(18-30)38-22-26-16-17-37-21-26/h2-15,18,26,33,36H,16-17,20-22,35H2,1H3. The summed E-state index contributed by atoms with van der Waals surface area (Å²) in [5.41, 5.74) is 12.0. The molecule has 0 saturated carbocycles. The van der Waals surface area contributed by atoms with Crippen molar-refractivity contribution in [1.82, 2.24) is 5.32 Å². The van der Waals surface area contributed by atoms with Gasteiger partial charge in [0.1, 0.15) is 17.2 Å². The van der Waals surface area contributed by atoms with Crippen molar-refractivity contribution in [2.45, 2.75) is 25.9 Å². The van der Waals surface area contributed by atoms with E-state index in [1.807, 2.05) is 79.7 Å². The SMILES string of the molecule is Cc1c(N)cccc1C(NCc1ccc(C#N)cc1)c1ccc(Oc2cccc(OCC3CCOC3)c2)cc1. The maximum atomic E-state index is 9.10. The lowest BCUT2D eigenvalue weighted by Gasteiger charge is -2.23. The highest BCUT2D eigenvalue weighted by Crippen LogP contribution is 2.31. The zero-order chi connectivity index (χ0) is 27.0. The molecule has 4 aromatic carbocycles. The number of nitrogens with one attached hydrogen (secondary N) is 1. The second kappa shape index (κ2) is 12.5. The van der Waals surface area contributed by atoms with Crippen LogP contribution in [0.4, 0.5) is 5.69 Å². The summed E-state index contributed by atoms with van der Waals surface area (Å²) >= 11 is 0. The molecule has 2 unspecified atom stereocenters. The molecule has 6 heteroatoms. The van der Waals surface area contributed by atoms with Gasteiger partial charge in [0.25, 0.3) is 0 Å². The Bertz CT molecular complexity index is 1420. The lowest BCUT2D eigenvalue weighted by atomic mass is 9.93. The highest BCUT2D eigenvalue weighted by Gasteiger charge is 2.18. The molecule has 1 aliphatic heterocycles. The molecule has 0 radical (unpaired) electrons. The Labute approximate surface area is 230 Å². The second-order valence-electron chi connectivity index (χ2n) is 9.87. The van der Waals surface area contributed by atoms with Crippen LogP contribution in [0.5, 0.6) is 17.2 Å². The zero-order valence-corrected chi connectivity index (χ0v) is 22.1. The zero-order valence-electron chi connectivity index (χ0n) is 22.1. The topological polar surface area (TPSA) is 89.5 Å². The molecule has 0 aromatic heterocycles. The molecule has 4 aromatic rings. The molecule has 1 heterocycles. The number of nitrogen functional groups attached to an aromatic ring is 1. The maximum Gasteiger partial charge on any atom is 0.131 e. The van der Waals surface area contributed by atoms with E-state index in [-0.39, 0.29) is 6.04 Å². The number of hydrogen-bond acceptors (Lipinski definition) is 6. The molecule has 0 spiro atoms. The fourth-order valence-electron chi connectivity index (χ4n) is 4.73. The molecule has 5 rings (SSSR count). The molecule has 198 valence electrons. The minimum atomic E-state index is -0.0745. The summed E-state index contributed by atoms with van der Waals surface area (Å²) in [7, 11) is 0. The number of ether oxygens (including phenoxy) is 3. The van der Waals surface area contributed by atoms with E-state index in [2.05, 4.69) is 29.6 Å². The normalized spacial score (nSPS) is 15.4. The number of hydrogen-bond donors (Lipinski definition) is 2. The molecule has 0 bridgehead atoms. The summed E-state index contributed by atoms with van der Waals surface area (Å²) in [5.74, 6) is 2.71. The van der Waals surface area contributed by atoms with Crippen LogP contribution in [-0.4, -0.2) is 19.8 Å². The van der Waals surface area contributed by atoms with Gasteiger partial charge >= 0.3 is 0 Å². The molecule has 6 nitrogen and oxygen atoms in total. The van der Waals surface area contributed by atoms with Crippen molar-refractivity contribution in [3.05, 3.63) is 119 Å². The monoisotopic (exact) mass is 519 g/mol. The highest BCUT2D eigenvalue weighted by atomic mass is 16.5. The third-order valence-corrected chi connectivity index (χ3v) is 7.09. The largest absolute Gasteiger partial charge is 0.493 e. The van der Waals surface area contributed by atoms with E-state index < -0.39 is 0 Å². The van der Waals surface area contributed by atoms with Crippen LogP contribution in [0.15, 0.2) is 91.0 Å². The van der Waals surface area contributed by atoms with Crippen molar-refractivity contribution < 1.29 is 14.2 Å². The van der Waals surface area contributed by atoms with E-state index in [4.69, 9.17) is 25.2 Å². The Morgan fingerprint density at radius 2 is 1.74 bits per heavy atom. The van der Waals surface area contributed by atoms with Crippen molar-refractivity contribution in [2.75, 3.05) is 25.6 Å². The average Bonchev–Trinajstić information content (AvgIpc) is 3.49. The lowest BCUT2D eigenvalue weighted by Crippen LogP contribution is -2.23. The summed E-state index contributed by atoms with van der Waals surface area (Å²) in [6.07, 6.45) is 1.04. The molecular weight excluding hydrogens is 486 g/mol. The van der Waals surface area contributed by atoms with Gasteiger partial charge in [0.2, 0.25) is 0 Å². The van der Waals surface area contributed by atoms with Crippen LogP contribution in [0.1, 0.15) is 40.3 Å².